The predicted octanol–water partition coefficient (Wildman–Crippen LogP) is 5.49. The maximum Gasteiger partial charge on any atom is 0.157 e. The van der Waals surface area contributed by atoms with E-state index in [0.29, 0.717) is 11.8 Å². The van der Waals surface area contributed by atoms with Gasteiger partial charge in [0, 0.05) is 13.1 Å². The molecule has 1 aliphatic heterocycles. The summed E-state index contributed by atoms with van der Waals surface area (Å²) in [6.07, 6.45) is 4.57. The van der Waals surface area contributed by atoms with Crippen molar-refractivity contribution in [3.05, 3.63) is 41.0 Å². The number of fused-ring (bicyclic) bond motifs is 3. The molecule has 3 aromatic rings. The van der Waals surface area contributed by atoms with Crippen molar-refractivity contribution in [2.75, 3.05) is 18.0 Å². The molecule has 0 amide bonds. The number of benzene rings is 1. The molecule has 3 heterocycles. The summed E-state index contributed by atoms with van der Waals surface area (Å²) in [7, 11) is 0. The number of para-hydroxylation sites is 2. The number of piperidine rings is 1. The number of pyridine rings is 1. The van der Waals surface area contributed by atoms with Crippen LogP contribution < -0.4 is 4.90 Å². The minimum atomic E-state index is 0.670. The van der Waals surface area contributed by atoms with Crippen LogP contribution in [-0.4, -0.2) is 22.5 Å². The molecule has 1 aliphatic rings. The maximum atomic E-state index is 9.96. The molecule has 4 rings (SSSR count). The first-order chi connectivity index (χ1) is 13.5. The van der Waals surface area contributed by atoms with Crippen LogP contribution in [0.3, 0.4) is 0 Å². The van der Waals surface area contributed by atoms with E-state index in [1.165, 1.54) is 17.8 Å². The van der Waals surface area contributed by atoms with Gasteiger partial charge < -0.3 is 4.90 Å². The van der Waals surface area contributed by atoms with Gasteiger partial charge in [0.1, 0.15) is 11.9 Å². The van der Waals surface area contributed by atoms with Crippen molar-refractivity contribution in [2.24, 2.45) is 11.8 Å². The molecule has 2 atom stereocenters. The van der Waals surface area contributed by atoms with Crippen molar-refractivity contribution in [1.82, 2.24) is 9.38 Å². The third-order valence-electron chi connectivity index (χ3n) is 6.15. The molecule has 1 fully saturated rings. The highest BCUT2D eigenvalue weighted by Gasteiger charge is 2.28. The van der Waals surface area contributed by atoms with Gasteiger partial charge in [0.2, 0.25) is 0 Å². The first kappa shape index (κ1) is 18.8. The van der Waals surface area contributed by atoms with Crippen molar-refractivity contribution in [1.29, 1.82) is 5.26 Å². The fourth-order valence-corrected chi connectivity index (χ4v) is 4.98. The van der Waals surface area contributed by atoms with Gasteiger partial charge in [-0.1, -0.05) is 39.3 Å². The Morgan fingerprint density at radius 1 is 1.18 bits per heavy atom. The average Bonchev–Trinajstić information content (AvgIpc) is 3.04. The lowest BCUT2D eigenvalue weighted by atomic mass is 9.90. The number of imidazole rings is 1. The highest BCUT2D eigenvalue weighted by Crippen LogP contribution is 2.36. The molecule has 2 aromatic heterocycles. The summed E-state index contributed by atoms with van der Waals surface area (Å²) >= 11 is 0. The first-order valence-electron chi connectivity index (χ1n) is 10.6. The molecule has 1 saturated heterocycles. The van der Waals surface area contributed by atoms with E-state index in [2.05, 4.69) is 61.3 Å². The number of hydrogen-bond acceptors (Lipinski definition) is 3. The van der Waals surface area contributed by atoms with Gasteiger partial charge in [-0.2, -0.15) is 5.26 Å². The Bertz CT molecular complexity index is 1050. The van der Waals surface area contributed by atoms with Crippen LogP contribution in [0.4, 0.5) is 5.82 Å². The Labute approximate surface area is 167 Å². The molecule has 0 aliphatic carbocycles. The summed E-state index contributed by atoms with van der Waals surface area (Å²) in [5.41, 5.74) is 6.04. The normalized spacial score (nSPS) is 20.0. The maximum absolute atomic E-state index is 9.96. The highest BCUT2D eigenvalue weighted by molar-refractivity contribution is 5.86. The number of anilines is 1. The van der Waals surface area contributed by atoms with E-state index in [-0.39, 0.29) is 0 Å². The van der Waals surface area contributed by atoms with E-state index < -0.39 is 0 Å². The van der Waals surface area contributed by atoms with Gasteiger partial charge in [0.05, 0.1) is 16.6 Å². The molecule has 28 heavy (non-hydrogen) atoms. The van der Waals surface area contributed by atoms with E-state index in [1.807, 2.05) is 6.07 Å². The van der Waals surface area contributed by atoms with E-state index >= 15 is 0 Å². The second kappa shape index (κ2) is 7.47. The Kier molecular flexibility index (Phi) is 5.02. The van der Waals surface area contributed by atoms with Crippen LogP contribution in [0.25, 0.3) is 16.7 Å². The Morgan fingerprint density at radius 2 is 1.89 bits per heavy atom. The van der Waals surface area contributed by atoms with Gasteiger partial charge in [-0.05, 0) is 61.3 Å². The second-order valence-electron chi connectivity index (χ2n) is 8.63. The van der Waals surface area contributed by atoms with E-state index in [0.717, 1.165) is 60.2 Å². The molecule has 4 nitrogen and oxygen atoms in total. The van der Waals surface area contributed by atoms with Crippen molar-refractivity contribution in [3.63, 3.8) is 0 Å². The molecule has 0 N–H and O–H groups in total. The zero-order valence-electron chi connectivity index (χ0n) is 17.5. The molecular formula is C24H30N4. The Morgan fingerprint density at radius 3 is 2.57 bits per heavy atom. The summed E-state index contributed by atoms with van der Waals surface area (Å²) in [5, 5.41) is 9.96. The molecule has 146 valence electrons. The van der Waals surface area contributed by atoms with Crippen molar-refractivity contribution in [3.8, 4) is 6.07 Å². The molecule has 0 spiro atoms. The molecule has 4 heteroatoms. The summed E-state index contributed by atoms with van der Waals surface area (Å²) < 4.78 is 2.27. The summed E-state index contributed by atoms with van der Waals surface area (Å²) in [4.78, 5) is 7.44. The number of nitrogens with zero attached hydrogens (tertiary/aromatic N) is 4. The minimum Gasteiger partial charge on any atom is -0.357 e. The second-order valence-corrected chi connectivity index (χ2v) is 8.63. The molecule has 0 bridgehead atoms. The number of hydrogen-bond donors (Lipinski definition) is 0. The zero-order valence-corrected chi connectivity index (χ0v) is 17.5. The minimum absolute atomic E-state index is 0.670. The van der Waals surface area contributed by atoms with E-state index in [4.69, 9.17) is 4.98 Å². The van der Waals surface area contributed by atoms with E-state index in [9.17, 15) is 5.26 Å². The first-order valence-corrected chi connectivity index (χ1v) is 10.6. The third kappa shape index (κ3) is 3.03. The Hall–Kier alpha value is -2.54. The van der Waals surface area contributed by atoms with Gasteiger partial charge in [-0.3, -0.25) is 4.40 Å². The van der Waals surface area contributed by atoms with Crippen LogP contribution >= 0.6 is 0 Å². The number of unbranched alkanes of at least 4 members (excludes halogenated alkanes) is 1. The van der Waals surface area contributed by atoms with Crippen LogP contribution in [0.5, 0.6) is 0 Å². The van der Waals surface area contributed by atoms with Crippen LogP contribution in [0.15, 0.2) is 24.3 Å². The fraction of sp³-hybridized carbons (Fsp3) is 0.500. The molecule has 0 unspecified atom stereocenters. The number of aromatic nitrogens is 2. The summed E-state index contributed by atoms with van der Waals surface area (Å²) in [6.45, 7) is 11.2. The lowest BCUT2D eigenvalue weighted by Gasteiger charge is -2.38. The lowest BCUT2D eigenvalue weighted by molar-refractivity contribution is 0.354. The summed E-state index contributed by atoms with van der Waals surface area (Å²) in [6, 6.07) is 10.7. The number of rotatable bonds is 4. The van der Waals surface area contributed by atoms with Crippen LogP contribution in [0.1, 0.15) is 56.7 Å². The van der Waals surface area contributed by atoms with Gasteiger partial charge in [-0.15, -0.1) is 0 Å². The monoisotopic (exact) mass is 374 g/mol. The summed E-state index contributed by atoms with van der Waals surface area (Å²) in [5.74, 6) is 2.61. The quantitative estimate of drug-likeness (QED) is 0.606. The fourth-order valence-electron chi connectivity index (χ4n) is 4.98. The molecular weight excluding hydrogens is 344 g/mol. The largest absolute Gasteiger partial charge is 0.357 e. The Balaban J connectivity index is 2.08. The van der Waals surface area contributed by atoms with Gasteiger partial charge in [-0.25, -0.2) is 4.98 Å². The van der Waals surface area contributed by atoms with Gasteiger partial charge in [0.25, 0.3) is 0 Å². The van der Waals surface area contributed by atoms with Crippen molar-refractivity contribution >= 4 is 22.5 Å². The molecule has 0 radical (unpaired) electrons. The number of nitriles is 1. The zero-order chi connectivity index (χ0) is 19.8. The average molecular weight is 375 g/mol. The van der Waals surface area contributed by atoms with Crippen LogP contribution in [-0.2, 0) is 6.42 Å². The van der Waals surface area contributed by atoms with Crippen LogP contribution in [0, 0.1) is 30.1 Å². The van der Waals surface area contributed by atoms with Gasteiger partial charge in [0.15, 0.2) is 5.65 Å². The van der Waals surface area contributed by atoms with Crippen molar-refractivity contribution < 1.29 is 0 Å². The van der Waals surface area contributed by atoms with Crippen molar-refractivity contribution in [2.45, 2.75) is 53.4 Å². The highest BCUT2D eigenvalue weighted by atomic mass is 15.2. The van der Waals surface area contributed by atoms with Gasteiger partial charge >= 0.3 is 0 Å². The molecule has 1 aromatic carbocycles. The predicted molar refractivity (Wildman–Crippen MR) is 116 cm³/mol. The topological polar surface area (TPSA) is 44.3 Å². The smallest absolute Gasteiger partial charge is 0.157 e. The molecule has 0 saturated carbocycles. The SMILES string of the molecule is CCCCc1c(C)c(C#N)c2nc3ccccc3n2c1N1C[C@H](C)C[C@H](C)C1. The lowest BCUT2D eigenvalue weighted by Crippen LogP contribution is -2.40. The standard InChI is InChI=1S/C24H30N4/c1-5-6-9-19-18(4)20(13-25)23-26-21-10-7-8-11-22(21)28(23)24(19)27-14-16(2)12-17(3)15-27/h7-8,10-11,16-17H,5-6,9,12,14-15H2,1-4H3/t16-,17+. The van der Waals surface area contributed by atoms with E-state index in [1.54, 1.807) is 0 Å². The third-order valence-corrected chi connectivity index (χ3v) is 6.15. The van der Waals surface area contributed by atoms with Crippen LogP contribution in [0.2, 0.25) is 0 Å².